The van der Waals surface area contributed by atoms with Gasteiger partial charge in [0.05, 0.1) is 6.10 Å². The summed E-state index contributed by atoms with van der Waals surface area (Å²) in [6.45, 7) is 2.90. The summed E-state index contributed by atoms with van der Waals surface area (Å²) in [6, 6.07) is 7.23. The van der Waals surface area contributed by atoms with Crippen molar-refractivity contribution in [3.05, 3.63) is 34.9 Å². The Hall–Kier alpha value is -0.610. The van der Waals surface area contributed by atoms with E-state index < -0.39 is 6.10 Å². The molecule has 0 bridgehead atoms. The molecule has 2 unspecified atom stereocenters. The van der Waals surface area contributed by atoms with Gasteiger partial charge >= 0.3 is 0 Å². The Morgan fingerprint density at radius 1 is 1.29 bits per heavy atom. The van der Waals surface area contributed by atoms with Crippen LogP contribution in [-0.4, -0.2) is 29.4 Å². The van der Waals surface area contributed by atoms with Crippen molar-refractivity contribution < 1.29 is 10.2 Å². The monoisotopic (exact) mass is 257 g/mol. The Labute approximate surface area is 107 Å². The van der Waals surface area contributed by atoms with Gasteiger partial charge in [0.1, 0.15) is 0 Å². The molecule has 0 radical (unpaired) electrons. The van der Waals surface area contributed by atoms with Crippen LogP contribution >= 0.6 is 11.6 Å². The number of aliphatic hydroxyl groups is 2. The van der Waals surface area contributed by atoms with Crippen molar-refractivity contribution in [2.24, 2.45) is 0 Å². The lowest BCUT2D eigenvalue weighted by Gasteiger charge is -2.23. The van der Waals surface area contributed by atoms with E-state index in [1.165, 1.54) is 0 Å². The number of halogens is 1. The number of nitrogens with one attached hydrogen (secondary N) is 1. The van der Waals surface area contributed by atoms with Gasteiger partial charge in [0.25, 0.3) is 0 Å². The van der Waals surface area contributed by atoms with Crippen LogP contribution in [0.2, 0.25) is 5.02 Å². The molecule has 4 heteroatoms. The van der Waals surface area contributed by atoms with Gasteiger partial charge in [0.15, 0.2) is 0 Å². The molecular weight excluding hydrogens is 238 g/mol. The summed E-state index contributed by atoms with van der Waals surface area (Å²) in [5.74, 6) is 0. The maximum Gasteiger partial charge on any atom is 0.0942 e. The molecule has 0 saturated carbocycles. The largest absolute Gasteiger partial charge is 0.396 e. The molecule has 3 N–H and O–H groups in total. The van der Waals surface area contributed by atoms with Gasteiger partial charge in [-0.2, -0.15) is 0 Å². The zero-order valence-corrected chi connectivity index (χ0v) is 10.8. The fourth-order valence-electron chi connectivity index (χ4n) is 1.74. The van der Waals surface area contributed by atoms with Crippen LogP contribution in [0.4, 0.5) is 0 Å². The molecule has 1 aromatic carbocycles. The van der Waals surface area contributed by atoms with Crippen molar-refractivity contribution in [3.63, 3.8) is 0 Å². The molecule has 96 valence electrons. The van der Waals surface area contributed by atoms with Crippen LogP contribution in [0, 0.1) is 0 Å². The Morgan fingerprint density at radius 2 is 1.94 bits per heavy atom. The van der Waals surface area contributed by atoms with E-state index >= 15 is 0 Å². The summed E-state index contributed by atoms with van der Waals surface area (Å²) in [5, 5.41) is 22.8. The van der Waals surface area contributed by atoms with E-state index in [-0.39, 0.29) is 12.6 Å². The van der Waals surface area contributed by atoms with Gasteiger partial charge in [-0.1, -0.05) is 30.7 Å². The van der Waals surface area contributed by atoms with Crippen LogP contribution in [0.25, 0.3) is 0 Å². The summed E-state index contributed by atoms with van der Waals surface area (Å²) >= 11 is 5.81. The summed E-state index contributed by atoms with van der Waals surface area (Å²) in [7, 11) is 0. The Kier molecular flexibility index (Phi) is 6.52. The normalized spacial score (nSPS) is 14.6. The third-order valence-electron chi connectivity index (χ3n) is 2.77. The average Bonchev–Trinajstić information content (AvgIpc) is 2.35. The molecule has 17 heavy (non-hydrogen) atoms. The van der Waals surface area contributed by atoms with Crippen LogP contribution in [0.1, 0.15) is 31.4 Å². The van der Waals surface area contributed by atoms with Crippen LogP contribution in [0.3, 0.4) is 0 Å². The summed E-state index contributed by atoms with van der Waals surface area (Å²) in [6.07, 6.45) is 0.981. The first-order valence-electron chi connectivity index (χ1n) is 5.96. The quantitative estimate of drug-likeness (QED) is 0.656. The zero-order chi connectivity index (χ0) is 12.7. The van der Waals surface area contributed by atoms with Crippen LogP contribution in [0.15, 0.2) is 24.3 Å². The predicted octanol–water partition coefficient (Wildman–Crippen LogP) is 2.12. The highest BCUT2D eigenvalue weighted by atomic mass is 35.5. The first-order chi connectivity index (χ1) is 8.19. The molecule has 0 fully saturated rings. The van der Waals surface area contributed by atoms with Gasteiger partial charge < -0.3 is 15.5 Å². The molecule has 3 nitrogen and oxygen atoms in total. The van der Waals surface area contributed by atoms with Crippen molar-refractivity contribution in [1.82, 2.24) is 5.32 Å². The van der Waals surface area contributed by atoms with E-state index in [0.29, 0.717) is 18.0 Å². The number of aliphatic hydroxyl groups excluding tert-OH is 2. The standard InChI is InChI=1S/C13H20ClNO2/c1-2-12(15-8-3-9-16)13(17)10-4-6-11(14)7-5-10/h4-7,12-13,15-17H,2-3,8-9H2,1H3. The summed E-state index contributed by atoms with van der Waals surface area (Å²) in [4.78, 5) is 0. The van der Waals surface area contributed by atoms with Gasteiger partial charge in [-0.05, 0) is 37.1 Å². The summed E-state index contributed by atoms with van der Waals surface area (Å²) in [5.41, 5.74) is 0.859. The number of hydrogen-bond acceptors (Lipinski definition) is 3. The van der Waals surface area contributed by atoms with E-state index in [1.54, 1.807) is 12.1 Å². The molecule has 0 heterocycles. The third kappa shape index (κ3) is 4.64. The van der Waals surface area contributed by atoms with Crippen LogP contribution < -0.4 is 5.32 Å². The molecule has 1 rings (SSSR count). The number of benzene rings is 1. The number of hydrogen-bond donors (Lipinski definition) is 3. The molecule has 0 spiro atoms. The van der Waals surface area contributed by atoms with Gasteiger partial charge in [0, 0.05) is 17.7 Å². The Bertz CT molecular complexity index is 316. The summed E-state index contributed by atoms with van der Waals surface area (Å²) < 4.78 is 0. The fourth-order valence-corrected chi connectivity index (χ4v) is 1.86. The highest BCUT2D eigenvalue weighted by Crippen LogP contribution is 2.20. The van der Waals surface area contributed by atoms with E-state index in [1.807, 2.05) is 19.1 Å². The average molecular weight is 258 g/mol. The van der Waals surface area contributed by atoms with E-state index in [4.69, 9.17) is 16.7 Å². The van der Waals surface area contributed by atoms with Crippen molar-refractivity contribution in [3.8, 4) is 0 Å². The molecule has 1 aromatic rings. The molecule has 0 amide bonds. The maximum atomic E-state index is 10.2. The van der Waals surface area contributed by atoms with Crippen molar-refractivity contribution in [2.45, 2.75) is 31.9 Å². The first-order valence-corrected chi connectivity index (χ1v) is 6.34. The molecule has 0 aliphatic carbocycles. The highest BCUT2D eigenvalue weighted by molar-refractivity contribution is 6.30. The smallest absolute Gasteiger partial charge is 0.0942 e. The van der Waals surface area contributed by atoms with Crippen LogP contribution in [0.5, 0.6) is 0 Å². The first kappa shape index (κ1) is 14.5. The predicted molar refractivity (Wildman–Crippen MR) is 70.2 cm³/mol. The molecular formula is C13H20ClNO2. The minimum Gasteiger partial charge on any atom is -0.396 e. The lowest BCUT2D eigenvalue weighted by Crippen LogP contribution is -2.35. The van der Waals surface area contributed by atoms with E-state index in [2.05, 4.69) is 5.32 Å². The molecule has 0 saturated heterocycles. The van der Waals surface area contributed by atoms with Crippen LogP contribution in [-0.2, 0) is 0 Å². The topological polar surface area (TPSA) is 52.5 Å². The Morgan fingerprint density at radius 3 is 2.47 bits per heavy atom. The maximum absolute atomic E-state index is 10.2. The third-order valence-corrected chi connectivity index (χ3v) is 3.03. The lowest BCUT2D eigenvalue weighted by atomic mass is 10.0. The fraction of sp³-hybridized carbons (Fsp3) is 0.538. The lowest BCUT2D eigenvalue weighted by molar-refractivity contribution is 0.124. The second-order valence-electron chi connectivity index (χ2n) is 4.04. The van der Waals surface area contributed by atoms with Crippen molar-refractivity contribution in [1.29, 1.82) is 0 Å². The minimum atomic E-state index is -0.545. The van der Waals surface area contributed by atoms with Crippen molar-refractivity contribution in [2.75, 3.05) is 13.2 Å². The van der Waals surface area contributed by atoms with E-state index in [0.717, 1.165) is 12.0 Å². The Balaban J connectivity index is 2.58. The molecule has 0 aromatic heterocycles. The second kappa shape index (κ2) is 7.67. The van der Waals surface area contributed by atoms with Crippen molar-refractivity contribution >= 4 is 11.6 Å². The SMILES string of the molecule is CCC(NCCCO)C(O)c1ccc(Cl)cc1. The zero-order valence-electron chi connectivity index (χ0n) is 10.1. The molecule has 0 aliphatic rings. The highest BCUT2D eigenvalue weighted by Gasteiger charge is 2.18. The van der Waals surface area contributed by atoms with Gasteiger partial charge in [-0.3, -0.25) is 0 Å². The second-order valence-corrected chi connectivity index (χ2v) is 4.48. The van der Waals surface area contributed by atoms with Gasteiger partial charge in [0.2, 0.25) is 0 Å². The minimum absolute atomic E-state index is 0.00252. The molecule has 2 atom stereocenters. The van der Waals surface area contributed by atoms with E-state index in [9.17, 15) is 5.11 Å². The van der Waals surface area contributed by atoms with Gasteiger partial charge in [-0.25, -0.2) is 0 Å². The molecule has 0 aliphatic heterocycles. The van der Waals surface area contributed by atoms with Gasteiger partial charge in [-0.15, -0.1) is 0 Å². The number of rotatable bonds is 7.